The third-order valence-electron chi connectivity index (χ3n) is 5.80. The topological polar surface area (TPSA) is 65.5 Å². The highest BCUT2D eigenvalue weighted by molar-refractivity contribution is 7.14. The van der Waals surface area contributed by atoms with Crippen LogP contribution in [-0.4, -0.2) is 22.6 Å². The molecular weight excluding hydrogens is 525 g/mol. The van der Waals surface area contributed by atoms with Crippen LogP contribution in [-0.2, 0) is 24.3 Å². The molecule has 0 bridgehead atoms. The van der Waals surface area contributed by atoms with Crippen molar-refractivity contribution in [1.82, 2.24) is 4.98 Å². The Morgan fingerprint density at radius 1 is 0.919 bits per heavy atom. The van der Waals surface area contributed by atoms with Crippen molar-refractivity contribution in [3.63, 3.8) is 0 Å². The highest BCUT2D eigenvalue weighted by Crippen LogP contribution is 2.28. The first-order valence-electron chi connectivity index (χ1n) is 12.0. The summed E-state index contributed by atoms with van der Waals surface area (Å²) in [5, 5.41) is 15.5. The second-order valence-corrected chi connectivity index (χ2v) is 9.40. The minimum absolute atomic E-state index is 0. The third kappa shape index (κ3) is 9.08. The summed E-state index contributed by atoms with van der Waals surface area (Å²) in [6.07, 6.45) is 1.78. The number of thiazole rings is 1. The average molecular weight is 559 g/mol. The largest absolute Gasteiger partial charge is 0.481 e. The molecule has 4 aromatic rings. The molecule has 5 nitrogen and oxygen atoms in total. The molecule has 1 aromatic heterocycles. The van der Waals surface area contributed by atoms with E-state index in [-0.39, 0.29) is 31.2 Å². The molecule has 0 amide bonds. The number of hydrogen-bond donors (Lipinski definition) is 2. The normalized spacial score (nSPS) is 10.2. The number of hydrogen-bond acceptors (Lipinski definition) is 5. The molecule has 196 valence electrons. The summed E-state index contributed by atoms with van der Waals surface area (Å²) in [5.74, 6) is -0.767. The van der Waals surface area contributed by atoms with E-state index >= 15 is 0 Å². The molecule has 0 fully saturated rings. The van der Waals surface area contributed by atoms with Gasteiger partial charge in [-0.25, -0.2) is 4.98 Å². The second-order valence-electron chi connectivity index (χ2n) is 8.56. The van der Waals surface area contributed by atoms with E-state index in [0.29, 0.717) is 6.42 Å². The molecule has 0 aliphatic rings. The molecule has 0 spiro atoms. The van der Waals surface area contributed by atoms with E-state index in [9.17, 15) is 4.79 Å². The van der Waals surface area contributed by atoms with Gasteiger partial charge >= 0.3 is 5.97 Å². The highest BCUT2D eigenvalue weighted by Gasteiger charge is 2.12. The van der Waals surface area contributed by atoms with E-state index in [4.69, 9.17) is 10.1 Å². The summed E-state index contributed by atoms with van der Waals surface area (Å²) in [5.41, 5.74) is 6.73. The van der Waals surface area contributed by atoms with E-state index in [1.54, 1.807) is 11.3 Å². The predicted octanol–water partition coefficient (Wildman–Crippen LogP) is 7.70. The monoisotopic (exact) mass is 557 g/mol. The van der Waals surface area contributed by atoms with Crippen LogP contribution >= 0.6 is 36.2 Å². The van der Waals surface area contributed by atoms with E-state index in [2.05, 4.69) is 58.9 Å². The fraction of sp³-hybridized carbons (Fsp3) is 0.241. The minimum Gasteiger partial charge on any atom is -0.481 e. The lowest BCUT2D eigenvalue weighted by atomic mass is 10.1. The average Bonchev–Trinajstić information content (AvgIpc) is 3.38. The summed E-state index contributed by atoms with van der Waals surface area (Å²) in [6.45, 7) is 4.74. The van der Waals surface area contributed by atoms with Crippen LogP contribution in [0.1, 0.15) is 36.5 Å². The zero-order valence-electron chi connectivity index (χ0n) is 20.8. The van der Waals surface area contributed by atoms with Gasteiger partial charge in [0.2, 0.25) is 0 Å². The summed E-state index contributed by atoms with van der Waals surface area (Å²) >= 11 is 1.70. The van der Waals surface area contributed by atoms with Gasteiger partial charge in [0.05, 0.1) is 5.69 Å². The lowest BCUT2D eigenvalue weighted by Crippen LogP contribution is -2.23. The number of halogens is 2. The molecule has 37 heavy (non-hydrogen) atoms. The second kappa shape index (κ2) is 15.3. The Bertz CT molecular complexity index is 1220. The molecule has 0 aliphatic carbocycles. The lowest BCUT2D eigenvalue weighted by Gasteiger charge is -2.21. The molecule has 4 rings (SSSR count). The van der Waals surface area contributed by atoms with Crippen molar-refractivity contribution in [2.75, 3.05) is 16.8 Å². The maximum atomic E-state index is 10.7. The van der Waals surface area contributed by atoms with Gasteiger partial charge in [-0.15, -0.1) is 36.2 Å². The number of carboxylic acid groups (broad SMARTS) is 1. The van der Waals surface area contributed by atoms with Crippen LogP contribution in [0.2, 0.25) is 0 Å². The van der Waals surface area contributed by atoms with Crippen LogP contribution in [0.25, 0.3) is 11.3 Å². The van der Waals surface area contributed by atoms with Crippen molar-refractivity contribution in [3.05, 3.63) is 101 Å². The van der Waals surface area contributed by atoms with Crippen LogP contribution in [0.4, 0.5) is 10.8 Å². The SMILES string of the molecule is CCCN(Cc1ccc(CNc2ccc(CCC(=O)O)cc2)cc1)c1nc(-c2ccccc2)cs1.Cl.Cl. The maximum absolute atomic E-state index is 10.7. The van der Waals surface area contributed by atoms with E-state index in [1.165, 1.54) is 11.1 Å². The molecule has 0 saturated carbocycles. The zero-order chi connectivity index (χ0) is 24.5. The van der Waals surface area contributed by atoms with Crippen LogP contribution in [0.5, 0.6) is 0 Å². The maximum Gasteiger partial charge on any atom is 0.303 e. The number of nitrogens with zero attached hydrogens (tertiary/aromatic N) is 2. The molecule has 0 saturated heterocycles. The fourth-order valence-corrected chi connectivity index (χ4v) is 4.75. The molecule has 8 heteroatoms. The van der Waals surface area contributed by atoms with Crippen molar-refractivity contribution in [1.29, 1.82) is 0 Å². The molecular formula is C29H33Cl2N3O2S. The van der Waals surface area contributed by atoms with Crippen molar-refractivity contribution in [3.8, 4) is 11.3 Å². The third-order valence-corrected chi connectivity index (χ3v) is 6.70. The Kier molecular flexibility index (Phi) is 12.4. The van der Waals surface area contributed by atoms with E-state index in [1.807, 2.05) is 42.5 Å². The smallest absolute Gasteiger partial charge is 0.303 e. The Morgan fingerprint density at radius 3 is 2.22 bits per heavy atom. The van der Waals surface area contributed by atoms with Gasteiger partial charge in [0, 0.05) is 42.7 Å². The number of aliphatic carboxylic acids is 1. The Hall–Kier alpha value is -3.06. The van der Waals surface area contributed by atoms with Crippen molar-refractivity contribution in [2.45, 2.75) is 39.3 Å². The molecule has 3 aromatic carbocycles. The summed E-state index contributed by atoms with van der Waals surface area (Å²) < 4.78 is 0. The quantitative estimate of drug-likeness (QED) is 0.187. The first-order valence-corrected chi connectivity index (χ1v) is 12.9. The first kappa shape index (κ1) is 30.2. The van der Waals surface area contributed by atoms with Crippen molar-refractivity contribution in [2.24, 2.45) is 0 Å². The molecule has 1 heterocycles. The van der Waals surface area contributed by atoms with Crippen molar-refractivity contribution < 1.29 is 9.90 Å². The number of rotatable bonds is 12. The van der Waals surface area contributed by atoms with E-state index < -0.39 is 5.97 Å². The van der Waals surface area contributed by atoms with Crippen molar-refractivity contribution >= 4 is 52.9 Å². The van der Waals surface area contributed by atoms with Gasteiger partial charge < -0.3 is 15.3 Å². The number of aryl methyl sites for hydroxylation is 1. The predicted molar refractivity (Wildman–Crippen MR) is 160 cm³/mol. The van der Waals surface area contributed by atoms with Gasteiger partial charge in [0.25, 0.3) is 0 Å². The summed E-state index contributed by atoms with van der Waals surface area (Å²) in [6, 6.07) is 27.0. The number of nitrogens with one attached hydrogen (secondary N) is 1. The molecule has 0 atom stereocenters. The molecule has 0 aliphatic heterocycles. The summed E-state index contributed by atoms with van der Waals surface area (Å²) in [4.78, 5) is 18.0. The standard InChI is InChI=1S/C29H31N3O2S.2ClH/c1-2-18-32(29-31-27(21-35-29)25-6-4-3-5-7-25)20-24-10-8-23(9-11-24)19-30-26-15-12-22(13-16-26)14-17-28(33)34;;/h3-13,15-16,21,30H,2,14,17-20H2,1H3,(H,33,34);2*1H. The molecule has 0 unspecified atom stereocenters. The molecule has 2 N–H and O–H groups in total. The van der Waals surface area contributed by atoms with E-state index in [0.717, 1.165) is 53.7 Å². The Balaban J connectivity index is 0.00000241. The first-order chi connectivity index (χ1) is 17.1. The molecule has 0 radical (unpaired) electrons. The van der Waals surface area contributed by atoms with Crippen LogP contribution < -0.4 is 10.2 Å². The van der Waals surface area contributed by atoms with Crippen LogP contribution in [0, 0.1) is 0 Å². The van der Waals surface area contributed by atoms with Gasteiger partial charge in [0.1, 0.15) is 0 Å². The number of carbonyl (C=O) groups is 1. The Morgan fingerprint density at radius 2 is 1.57 bits per heavy atom. The zero-order valence-corrected chi connectivity index (χ0v) is 23.2. The number of benzene rings is 3. The lowest BCUT2D eigenvalue weighted by molar-refractivity contribution is -0.136. The van der Waals surface area contributed by atoms with Gasteiger partial charge in [-0.1, -0.05) is 73.7 Å². The van der Waals surface area contributed by atoms with Gasteiger partial charge in [-0.3, -0.25) is 4.79 Å². The number of anilines is 2. The fourth-order valence-electron chi connectivity index (χ4n) is 3.89. The van der Waals surface area contributed by atoms with Gasteiger partial charge in [-0.05, 0) is 41.7 Å². The summed E-state index contributed by atoms with van der Waals surface area (Å²) in [7, 11) is 0. The number of carboxylic acids is 1. The van der Waals surface area contributed by atoms with Gasteiger partial charge in [0.15, 0.2) is 5.13 Å². The minimum atomic E-state index is -0.767. The van der Waals surface area contributed by atoms with Crippen LogP contribution in [0.3, 0.4) is 0 Å². The number of aromatic nitrogens is 1. The highest BCUT2D eigenvalue weighted by atomic mass is 35.5. The van der Waals surface area contributed by atoms with Gasteiger partial charge in [-0.2, -0.15) is 0 Å². The van der Waals surface area contributed by atoms with Crippen LogP contribution in [0.15, 0.2) is 84.2 Å². The Labute approximate surface area is 235 Å².